The number of carbonyl (C=O) groups is 2. The van der Waals surface area contributed by atoms with Gasteiger partial charge < -0.3 is 9.84 Å². The third-order valence-electron chi connectivity index (χ3n) is 7.61. The van der Waals surface area contributed by atoms with Gasteiger partial charge in [-0.2, -0.15) is 0 Å². The van der Waals surface area contributed by atoms with Gasteiger partial charge in [-0.05, 0) is 61.2 Å². The highest BCUT2D eigenvalue weighted by Gasteiger charge is 2.65. The lowest BCUT2D eigenvalue weighted by Gasteiger charge is -2.64. The van der Waals surface area contributed by atoms with Crippen LogP contribution < -0.4 is 0 Å². The molecule has 0 aromatic heterocycles. The minimum atomic E-state index is -0.526. The molecule has 1 saturated carbocycles. The predicted octanol–water partition coefficient (Wildman–Crippen LogP) is 2.95. The summed E-state index contributed by atoms with van der Waals surface area (Å²) in [5, 5.41) is 10.7. The summed E-state index contributed by atoms with van der Waals surface area (Å²) < 4.78 is 5.82. The second kappa shape index (κ2) is 4.81. The van der Waals surface area contributed by atoms with Crippen molar-refractivity contribution in [2.45, 2.75) is 65.6 Å². The Morgan fingerprint density at radius 1 is 1.21 bits per heavy atom. The molecule has 1 aliphatic heterocycles. The molecule has 1 saturated heterocycles. The van der Waals surface area contributed by atoms with Crippen LogP contribution in [-0.4, -0.2) is 29.1 Å². The molecule has 6 atom stereocenters. The van der Waals surface area contributed by atoms with Gasteiger partial charge in [0, 0.05) is 11.8 Å². The van der Waals surface area contributed by atoms with Crippen molar-refractivity contribution in [2.75, 3.05) is 0 Å². The second-order valence-corrected chi connectivity index (χ2v) is 8.73. The van der Waals surface area contributed by atoms with Crippen LogP contribution in [0.1, 0.15) is 53.4 Å². The molecule has 0 radical (unpaired) electrons. The van der Waals surface area contributed by atoms with Crippen LogP contribution in [-0.2, 0) is 14.3 Å². The summed E-state index contributed by atoms with van der Waals surface area (Å²) in [6.07, 6.45) is 3.30. The molecular weight excluding hydrogens is 304 g/mol. The van der Waals surface area contributed by atoms with Gasteiger partial charge >= 0.3 is 5.97 Å². The van der Waals surface area contributed by atoms with Crippen LogP contribution in [0, 0.1) is 22.7 Å². The van der Waals surface area contributed by atoms with Gasteiger partial charge in [-0.25, -0.2) is 0 Å². The van der Waals surface area contributed by atoms with Gasteiger partial charge in [0.25, 0.3) is 0 Å². The molecule has 0 bridgehead atoms. The van der Waals surface area contributed by atoms with Crippen molar-refractivity contribution in [3.8, 4) is 0 Å². The van der Waals surface area contributed by atoms with Gasteiger partial charge in [0.1, 0.15) is 6.10 Å². The summed E-state index contributed by atoms with van der Waals surface area (Å²) in [6, 6.07) is 0. The van der Waals surface area contributed by atoms with E-state index in [0.717, 1.165) is 23.1 Å². The molecule has 0 unspecified atom stereocenters. The standard InChI is InChI=1S/C20H26O4/c1-10-5-12(21)9-19(3)13(10)6-17-20(4)14(7-18(23)24-17)11(2)15(22)8-16(19)20/h5,13,15-17,22H,6-9H2,1-4H3/t13-,15-,16+,17+,19-,20-/m0/s1. The van der Waals surface area contributed by atoms with Gasteiger partial charge in [-0.15, -0.1) is 0 Å². The van der Waals surface area contributed by atoms with Gasteiger partial charge in [-0.1, -0.05) is 19.4 Å². The zero-order valence-electron chi connectivity index (χ0n) is 14.9. The van der Waals surface area contributed by atoms with E-state index < -0.39 is 6.10 Å². The fourth-order valence-corrected chi connectivity index (χ4v) is 6.40. The molecule has 2 fully saturated rings. The Morgan fingerprint density at radius 3 is 2.62 bits per heavy atom. The highest BCUT2D eigenvalue weighted by atomic mass is 16.5. The SMILES string of the molecule is CC1=CC(=O)C[C@]2(C)[C@H]3C[C@H](O)C(C)=C4CC(=O)O[C@H](C[C@@H]12)[C@@]43C. The monoisotopic (exact) mass is 330 g/mol. The topological polar surface area (TPSA) is 63.6 Å². The smallest absolute Gasteiger partial charge is 0.310 e. The molecule has 4 rings (SSSR count). The van der Waals surface area contributed by atoms with E-state index in [2.05, 4.69) is 13.8 Å². The Labute approximate surface area is 143 Å². The number of hydrogen-bond acceptors (Lipinski definition) is 4. The van der Waals surface area contributed by atoms with Gasteiger partial charge in [0.05, 0.1) is 12.5 Å². The van der Waals surface area contributed by atoms with Crippen molar-refractivity contribution in [1.29, 1.82) is 0 Å². The van der Waals surface area contributed by atoms with Gasteiger partial charge in [-0.3, -0.25) is 9.59 Å². The number of aliphatic hydroxyl groups is 1. The molecule has 0 aromatic carbocycles. The largest absolute Gasteiger partial charge is 0.461 e. The molecule has 1 heterocycles. The molecule has 4 heteroatoms. The number of fused-ring (bicyclic) bond motifs is 2. The molecule has 4 nitrogen and oxygen atoms in total. The van der Waals surface area contributed by atoms with Gasteiger partial charge in [0.15, 0.2) is 5.78 Å². The molecule has 3 aliphatic carbocycles. The van der Waals surface area contributed by atoms with E-state index in [1.165, 1.54) is 0 Å². The van der Waals surface area contributed by atoms with Crippen molar-refractivity contribution in [1.82, 2.24) is 0 Å². The summed E-state index contributed by atoms with van der Waals surface area (Å²) in [5.41, 5.74) is 2.65. The third-order valence-corrected chi connectivity index (χ3v) is 7.61. The number of allylic oxidation sites excluding steroid dienone is 2. The molecule has 1 N–H and O–H groups in total. The third kappa shape index (κ3) is 1.83. The average Bonchev–Trinajstić information content (AvgIpc) is 2.47. The first kappa shape index (κ1) is 16.1. The molecule has 130 valence electrons. The Hall–Kier alpha value is -1.42. The lowest BCUT2D eigenvalue weighted by molar-refractivity contribution is -0.190. The zero-order valence-corrected chi connectivity index (χ0v) is 14.9. The normalized spacial score (nSPS) is 47.6. The lowest BCUT2D eigenvalue weighted by Crippen LogP contribution is -2.63. The molecule has 0 amide bonds. The van der Waals surface area contributed by atoms with Crippen LogP contribution in [0.5, 0.6) is 0 Å². The van der Waals surface area contributed by atoms with Crippen LogP contribution in [0.3, 0.4) is 0 Å². The van der Waals surface area contributed by atoms with Crippen molar-refractivity contribution in [3.63, 3.8) is 0 Å². The van der Waals surface area contributed by atoms with Crippen LogP contribution in [0.4, 0.5) is 0 Å². The van der Waals surface area contributed by atoms with E-state index in [1.807, 2.05) is 13.8 Å². The molecule has 0 spiro atoms. The zero-order chi connectivity index (χ0) is 17.4. The number of esters is 1. The van der Waals surface area contributed by atoms with E-state index in [0.29, 0.717) is 12.8 Å². The van der Waals surface area contributed by atoms with Crippen LogP contribution >= 0.6 is 0 Å². The van der Waals surface area contributed by atoms with E-state index in [9.17, 15) is 14.7 Å². The van der Waals surface area contributed by atoms with Crippen LogP contribution in [0.15, 0.2) is 22.8 Å². The fraction of sp³-hybridized carbons (Fsp3) is 0.700. The first-order valence-electron chi connectivity index (χ1n) is 8.96. The number of ketones is 1. The maximum absolute atomic E-state index is 12.3. The summed E-state index contributed by atoms with van der Waals surface area (Å²) in [5.74, 6) is 0.374. The number of rotatable bonds is 0. The molecule has 24 heavy (non-hydrogen) atoms. The summed E-state index contributed by atoms with van der Waals surface area (Å²) in [6.45, 7) is 8.37. The average molecular weight is 330 g/mol. The fourth-order valence-electron chi connectivity index (χ4n) is 6.40. The van der Waals surface area contributed by atoms with E-state index in [4.69, 9.17) is 4.74 Å². The summed E-state index contributed by atoms with van der Waals surface area (Å²) in [4.78, 5) is 24.5. The van der Waals surface area contributed by atoms with E-state index in [-0.39, 0.29) is 46.9 Å². The Kier molecular flexibility index (Phi) is 3.22. The van der Waals surface area contributed by atoms with Gasteiger partial charge in [0.2, 0.25) is 0 Å². The second-order valence-electron chi connectivity index (χ2n) is 8.73. The summed E-state index contributed by atoms with van der Waals surface area (Å²) >= 11 is 0. The maximum Gasteiger partial charge on any atom is 0.310 e. The van der Waals surface area contributed by atoms with Crippen molar-refractivity contribution >= 4 is 11.8 Å². The van der Waals surface area contributed by atoms with Crippen LogP contribution in [0.25, 0.3) is 0 Å². The van der Waals surface area contributed by atoms with Crippen molar-refractivity contribution in [3.05, 3.63) is 22.8 Å². The Morgan fingerprint density at radius 2 is 1.92 bits per heavy atom. The predicted molar refractivity (Wildman–Crippen MR) is 89.0 cm³/mol. The Balaban J connectivity index is 1.92. The number of aliphatic hydroxyl groups excluding tert-OH is 1. The van der Waals surface area contributed by atoms with Crippen molar-refractivity contribution in [2.24, 2.45) is 22.7 Å². The highest BCUT2D eigenvalue weighted by Crippen LogP contribution is 2.66. The Bertz CT molecular complexity index is 702. The first-order chi connectivity index (χ1) is 11.2. The maximum atomic E-state index is 12.3. The first-order valence-corrected chi connectivity index (χ1v) is 8.96. The summed E-state index contributed by atoms with van der Waals surface area (Å²) in [7, 11) is 0. The number of hydrogen-bond donors (Lipinski definition) is 1. The number of carbonyl (C=O) groups excluding carboxylic acids is 2. The minimum absolute atomic E-state index is 0.142. The molecule has 0 aromatic rings. The van der Waals surface area contributed by atoms with E-state index >= 15 is 0 Å². The minimum Gasteiger partial charge on any atom is -0.461 e. The quantitative estimate of drug-likeness (QED) is 0.548. The lowest BCUT2D eigenvalue weighted by atomic mass is 9.42. The van der Waals surface area contributed by atoms with E-state index in [1.54, 1.807) is 6.08 Å². The highest BCUT2D eigenvalue weighted by molar-refractivity contribution is 5.92. The van der Waals surface area contributed by atoms with Crippen molar-refractivity contribution < 1.29 is 19.4 Å². The van der Waals surface area contributed by atoms with Crippen LogP contribution in [0.2, 0.25) is 0 Å². The molecule has 4 aliphatic rings. The number of ether oxygens (including phenoxy) is 1. The molecular formula is C20H26O4.